The first kappa shape index (κ1) is 21.6. The predicted molar refractivity (Wildman–Crippen MR) is 141 cm³/mol. The number of terminal acetylenes is 1. The second-order valence-corrected chi connectivity index (χ2v) is 10.2. The molecular formula is C29H24N6O2. The number of nitrogens with one attached hydrogen (secondary N) is 1. The molecule has 0 unspecified atom stereocenters. The van der Waals surface area contributed by atoms with Crippen LogP contribution < -0.4 is 11.1 Å². The molecule has 2 fully saturated rings. The molecule has 8 nitrogen and oxygen atoms in total. The first-order valence-corrected chi connectivity index (χ1v) is 12.4. The number of pyridine rings is 1. The van der Waals surface area contributed by atoms with E-state index in [0.717, 1.165) is 65.2 Å². The molecule has 182 valence electrons. The van der Waals surface area contributed by atoms with Gasteiger partial charge in [-0.2, -0.15) is 0 Å². The second kappa shape index (κ2) is 7.68. The fraction of sp³-hybridized carbons (Fsp3) is 0.241. The third kappa shape index (κ3) is 3.10. The standard InChI is InChI=1S/C29H24N6O2/c1-2-21-23(19-14-18-6-3-4-7-20(18)31-15-19)24-25(30)32-17-33-26(24)35(21)29-11-9-28(16-29,10-12-29)34-27(36)22-8-5-13-37-22/h1,3-8,13-15,17H,9-12,16H2,(H,34,36)(H2,30,32,33). The number of rotatable bonds is 4. The number of aromatic nitrogens is 4. The molecule has 4 aromatic heterocycles. The summed E-state index contributed by atoms with van der Waals surface area (Å²) in [5.74, 6) is 3.48. The van der Waals surface area contributed by atoms with Gasteiger partial charge < -0.3 is 20.0 Å². The van der Waals surface area contributed by atoms with Crippen molar-refractivity contribution in [1.82, 2.24) is 24.8 Å². The number of hydrogen-bond donors (Lipinski definition) is 2. The SMILES string of the molecule is C#Cc1c(-c2cnc3ccccc3c2)c2c(N)ncnc2n1C12CCC(NC(=O)c3ccco3)(CC1)C2. The second-order valence-electron chi connectivity index (χ2n) is 10.2. The Morgan fingerprint density at radius 2 is 1.95 bits per heavy atom. The van der Waals surface area contributed by atoms with Crippen molar-refractivity contribution in [2.75, 3.05) is 5.73 Å². The molecule has 7 rings (SSSR count). The molecule has 1 aromatic carbocycles. The van der Waals surface area contributed by atoms with Gasteiger partial charge in [-0.15, -0.1) is 6.42 Å². The Morgan fingerprint density at radius 1 is 1.11 bits per heavy atom. The number of nitrogens with zero attached hydrogens (tertiary/aromatic N) is 4. The smallest absolute Gasteiger partial charge is 0.287 e. The Kier molecular flexibility index (Phi) is 4.49. The fourth-order valence-corrected chi connectivity index (χ4v) is 6.58. The molecule has 8 heteroatoms. The van der Waals surface area contributed by atoms with Gasteiger partial charge in [0.25, 0.3) is 5.91 Å². The highest BCUT2D eigenvalue weighted by atomic mass is 16.3. The van der Waals surface area contributed by atoms with Gasteiger partial charge in [0.15, 0.2) is 5.76 Å². The van der Waals surface area contributed by atoms with E-state index in [2.05, 4.69) is 31.8 Å². The van der Waals surface area contributed by atoms with Crippen molar-refractivity contribution in [3.63, 3.8) is 0 Å². The highest BCUT2D eigenvalue weighted by molar-refractivity contribution is 6.04. The van der Waals surface area contributed by atoms with Crippen LogP contribution in [-0.4, -0.2) is 31.0 Å². The number of carbonyl (C=O) groups is 1. The predicted octanol–water partition coefficient (Wildman–Crippen LogP) is 4.64. The summed E-state index contributed by atoms with van der Waals surface area (Å²) in [6.07, 6.45) is 15.2. The lowest BCUT2D eigenvalue weighted by Crippen LogP contribution is -2.44. The van der Waals surface area contributed by atoms with Crippen LogP contribution in [0, 0.1) is 12.3 Å². The number of amides is 1. The molecule has 0 atom stereocenters. The number of anilines is 1. The minimum Gasteiger partial charge on any atom is -0.459 e. The average Bonchev–Trinajstić information content (AvgIpc) is 3.70. The van der Waals surface area contributed by atoms with E-state index in [1.54, 1.807) is 12.1 Å². The van der Waals surface area contributed by atoms with Crippen LogP contribution >= 0.6 is 0 Å². The highest BCUT2D eigenvalue weighted by Crippen LogP contribution is 2.57. The summed E-state index contributed by atoms with van der Waals surface area (Å²) in [4.78, 5) is 26.5. The average molecular weight is 489 g/mol. The minimum atomic E-state index is -0.324. The molecule has 5 aromatic rings. The van der Waals surface area contributed by atoms with E-state index in [9.17, 15) is 4.79 Å². The lowest BCUT2D eigenvalue weighted by Gasteiger charge is -2.30. The lowest BCUT2D eigenvalue weighted by molar-refractivity contribution is 0.0872. The molecule has 0 aliphatic heterocycles. The molecule has 37 heavy (non-hydrogen) atoms. The van der Waals surface area contributed by atoms with E-state index in [4.69, 9.17) is 21.6 Å². The van der Waals surface area contributed by atoms with Gasteiger partial charge in [-0.3, -0.25) is 9.78 Å². The maximum atomic E-state index is 12.9. The monoisotopic (exact) mass is 488 g/mol. The number of hydrogen-bond acceptors (Lipinski definition) is 6. The summed E-state index contributed by atoms with van der Waals surface area (Å²) in [5.41, 5.74) is 9.89. The number of nitrogen functional groups attached to an aromatic ring is 1. The Hall–Kier alpha value is -4.64. The van der Waals surface area contributed by atoms with Crippen LogP contribution in [0.3, 0.4) is 0 Å². The lowest BCUT2D eigenvalue weighted by atomic mass is 9.90. The molecule has 2 aliphatic rings. The summed E-state index contributed by atoms with van der Waals surface area (Å²) >= 11 is 0. The Bertz CT molecular complexity index is 1740. The molecule has 2 aliphatic carbocycles. The van der Waals surface area contributed by atoms with Gasteiger partial charge in [0.1, 0.15) is 23.5 Å². The fourth-order valence-electron chi connectivity index (χ4n) is 6.58. The van der Waals surface area contributed by atoms with E-state index in [1.807, 2.05) is 30.5 Å². The van der Waals surface area contributed by atoms with E-state index in [0.29, 0.717) is 17.3 Å². The van der Waals surface area contributed by atoms with E-state index < -0.39 is 0 Å². The zero-order valence-corrected chi connectivity index (χ0v) is 20.1. The maximum Gasteiger partial charge on any atom is 0.287 e. The third-order valence-electron chi connectivity index (χ3n) is 8.20. The first-order chi connectivity index (χ1) is 18.0. The van der Waals surface area contributed by atoms with Gasteiger partial charge in [0, 0.05) is 33.8 Å². The highest BCUT2D eigenvalue weighted by Gasteiger charge is 2.57. The van der Waals surface area contributed by atoms with Crippen LogP contribution in [0.25, 0.3) is 33.1 Å². The number of furan rings is 1. The van der Waals surface area contributed by atoms with Crippen LogP contribution in [0.4, 0.5) is 5.82 Å². The van der Waals surface area contributed by atoms with Gasteiger partial charge in [-0.1, -0.05) is 24.1 Å². The summed E-state index contributed by atoms with van der Waals surface area (Å²) in [6, 6.07) is 13.5. The molecule has 0 radical (unpaired) electrons. The number of fused-ring (bicyclic) bond motifs is 4. The molecule has 3 N–H and O–H groups in total. The minimum absolute atomic E-state index is 0.188. The summed E-state index contributed by atoms with van der Waals surface area (Å²) in [5, 5.41) is 5.03. The van der Waals surface area contributed by atoms with Crippen LogP contribution in [0.5, 0.6) is 0 Å². The molecule has 0 saturated heterocycles. The normalized spacial score (nSPS) is 22.5. The summed E-state index contributed by atoms with van der Waals surface area (Å²) < 4.78 is 7.52. The Morgan fingerprint density at radius 3 is 2.73 bits per heavy atom. The van der Waals surface area contributed by atoms with Gasteiger partial charge in [-0.05, 0) is 56.4 Å². The third-order valence-corrected chi connectivity index (χ3v) is 8.20. The number of nitrogens with two attached hydrogens (primary N) is 1. The zero-order valence-electron chi connectivity index (χ0n) is 20.1. The van der Waals surface area contributed by atoms with Crippen molar-refractivity contribution in [3.05, 3.63) is 72.7 Å². The molecule has 1 amide bonds. The topological polar surface area (TPSA) is 112 Å². The quantitative estimate of drug-likeness (QED) is 0.356. The van der Waals surface area contributed by atoms with Gasteiger partial charge in [0.2, 0.25) is 0 Å². The van der Waals surface area contributed by atoms with Crippen LogP contribution in [0.2, 0.25) is 0 Å². The number of carbonyl (C=O) groups excluding carboxylic acids is 1. The molecular weight excluding hydrogens is 464 g/mol. The van der Waals surface area contributed by atoms with Crippen molar-refractivity contribution >= 4 is 33.7 Å². The number of para-hydroxylation sites is 1. The number of benzene rings is 1. The molecule has 0 spiro atoms. The zero-order chi connectivity index (χ0) is 25.2. The molecule has 2 saturated carbocycles. The van der Waals surface area contributed by atoms with Crippen molar-refractivity contribution in [3.8, 4) is 23.5 Å². The van der Waals surface area contributed by atoms with Gasteiger partial charge >= 0.3 is 0 Å². The largest absolute Gasteiger partial charge is 0.459 e. The summed E-state index contributed by atoms with van der Waals surface area (Å²) in [6.45, 7) is 0. The van der Waals surface area contributed by atoms with Crippen molar-refractivity contribution in [2.24, 2.45) is 0 Å². The van der Waals surface area contributed by atoms with Crippen LogP contribution in [0.15, 0.2) is 65.7 Å². The summed E-state index contributed by atoms with van der Waals surface area (Å²) in [7, 11) is 0. The van der Waals surface area contributed by atoms with Crippen molar-refractivity contribution < 1.29 is 9.21 Å². The molecule has 4 heterocycles. The van der Waals surface area contributed by atoms with Crippen LogP contribution in [-0.2, 0) is 5.54 Å². The van der Waals surface area contributed by atoms with Crippen molar-refractivity contribution in [2.45, 2.75) is 43.2 Å². The van der Waals surface area contributed by atoms with Gasteiger partial charge in [-0.25, -0.2) is 9.97 Å². The van der Waals surface area contributed by atoms with Gasteiger partial charge in [0.05, 0.1) is 17.2 Å². The first-order valence-electron chi connectivity index (χ1n) is 12.4. The van der Waals surface area contributed by atoms with Crippen molar-refractivity contribution in [1.29, 1.82) is 0 Å². The molecule has 2 bridgehead atoms. The van der Waals surface area contributed by atoms with E-state index >= 15 is 0 Å². The Labute approximate surface area is 212 Å². The Balaban J connectivity index is 1.38. The van der Waals surface area contributed by atoms with E-state index in [-0.39, 0.29) is 17.0 Å². The van der Waals surface area contributed by atoms with Crippen LogP contribution in [0.1, 0.15) is 48.4 Å². The van der Waals surface area contributed by atoms with E-state index in [1.165, 1.54) is 12.6 Å². The maximum absolute atomic E-state index is 12.9.